The zero-order chi connectivity index (χ0) is 21.1. The number of hydrazone groups is 1. The predicted molar refractivity (Wildman–Crippen MR) is 101 cm³/mol. The van der Waals surface area contributed by atoms with Crippen molar-refractivity contribution in [3.8, 4) is 0 Å². The van der Waals surface area contributed by atoms with Gasteiger partial charge in [-0.25, -0.2) is 14.2 Å². The standard InChI is InChI=1S/C18H20FN5O5/c1-11(25)17(27)24-6-5-22(10-21-24)16-4-3-13(7-15(16)19)23-9-14(29-18(23)28)8-20-12(2)26/h3-4,7,10,14H,5-6,8-9H2,1-2H3,(H,20,26)/t14-/m0/s1. The monoisotopic (exact) mass is 405 g/mol. The van der Waals surface area contributed by atoms with Crippen LogP contribution < -0.4 is 15.1 Å². The predicted octanol–water partition coefficient (Wildman–Crippen LogP) is 0.468. The molecule has 1 aromatic carbocycles. The normalized spacial score (nSPS) is 18.7. The molecule has 0 bridgehead atoms. The van der Waals surface area contributed by atoms with Gasteiger partial charge in [-0.1, -0.05) is 0 Å². The number of ketones is 1. The van der Waals surface area contributed by atoms with Crippen molar-refractivity contribution in [2.75, 3.05) is 36.0 Å². The van der Waals surface area contributed by atoms with Crippen LogP contribution in [0.4, 0.5) is 20.6 Å². The average molecular weight is 405 g/mol. The van der Waals surface area contributed by atoms with E-state index in [-0.39, 0.29) is 37.8 Å². The summed E-state index contributed by atoms with van der Waals surface area (Å²) >= 11 is 0. The van der Waals surface area contributed by atoms with Gasteiger partial charge in [-0.2, -0.15) is 5.10 Å². The Morgan fingerprint density at radius 2 is 2.03 bits per heavy atom. The maximum Gasteiger partial charge on any atom is 0.414 e. The van der Waals surface area contributed by atoms with Crippen LogP contribution in [-0.4, -0.2) is 67.3 Å². The molecule has 1 saturated heterocycles. The van der Waals surface area contributed by atoms with Crippen LogP contribution in [0.25, 0.3) is 0 Å². The molecule has 1 fully saturated rings. The molecule has 3 rings (SSSR count). The summed E-state index contributed by atoms with van der Waals surface area (Å²) in [5, 5.41) is 7.49. The van der Waals surface area contributed by atoms with Crippen LogP contribution >= 0.6 is 0 Å². The lowest BCUT2D eigenvalue weighted by atomic mass is 10.2. The number of rotatable bonds is 5. The van der Waals surface area contributed by atoms with Crippen molar-refractivity contribution in [3.05, 3.63) is 24.0 Å². The summed E-state index contributed by atoms with van der Waals surface area (Å²) in [4.78, 5) is 48.6. The summed E-state index contributed by atoms with van der Waals surface area (Å²) in [5.74, 6) is -2.17. The van der Waals surface area contributed by atoms with Crippen molar-refractivity contribution in [3.63, 3.8) is 0 Å². The molecule has 29 heavy (non-hydrogen) atoms. The van der Waals surface area contributed by atoms with E-state index in [9.17, 15) is 23.6 Å². The van der Waals surface area contributed by atoms with E-state index >= 15 is 0 Å². The lowest BCUT2D eigenvalue weighted by Gasteiger charge is -2.28. The molecule has 2 aliphatic heterocycles. The van der Waals surface area contributed by atoms with Crippen molar-refractivity contribution in [1.82, 2.24) is 10.3 Å². The minimum atomic E-state index is -0.724. The second-order valence-electron chi connectivity index (χ2n) is 6.60. The highest BCUT2D eigenvalue weighted by Gasteiger charge is 2.33. The Morgan fingerprint density at radius 3 is 2.62 bits per heavy atom. The summed E-state index contributed by atoms with van der Waals surface area (Å²) in [6.45, 7) is 3.28. The Balaban J connectivity index is 1.69. The third-order valence-corrected chi connectivity index (χ3v) is 4.42. The van der Waals surface area contributed by atoms with Crippen LogP contribution in [0.3, 0.4) is 0 Å². The van der Waals surface area contributed by atoms with E-state index in [0.717, 1.165) is 11.9 Å². The quantitative estimate of drug-likeness (QED) is 0.713. The number of nitrogens with one attached hydrogen (secondary N) is 1. The number of halogens is 1. The first-order chi connectivity index (χ1) is 13.8. The number of hydrogen-bond acceptors (Lipinski definition) is 7. The summed E-state index contributed by atoms with van der Waals surface area (Å²) in [6, 6.07) is 4.27. The molecule has 2 aliphatic rings. The van der Waals surface area contributed by atoms with Gasteiger partial charge >= 0.3 is 12.0 Å². The van der Waals surface area contributed by atoms with Crippen molar-refractivity contribution >= 4 is 41.4 Å². The van der Waals surface area contributed by atoms with Gasteiger partial charge in [0, 0.05) is 20.4 Å². The average Bonchev–Trinajstić information content (AvgIpc) is 3.06. The molecule has 0 spiro atoms. The molecule has 0 aromatic heterocycles. The van der Waals surface area contributed by atoms with Gasteiger partial charge in [0.2, 0.25) is 11.7 Å². The highest BCUT2D eigenvalue weighted by atomic mass is 19.1. The molecule has 2 heterocycles. The number of anilines is 2. The largest absolute Gasteiger partial charge is 0.442 e. The number of hydrogen-bond donors (Lipinski definition) is 1. The highest BCUT2D eigenvalue weighted by molar-refractivity contribution is 6.35. The summed E-state index contributed by atoms with van der Waals surface area (Å²) < 4.78 is 19.8. The molecule has 154 valence electrons. The van der Waals surface area contributed by atoms with Gasteiger partial charge in [-0.3, -0.25) is 19.3 Å². The fraction of sp³-hybridized carbons (Fsp3) is 0.389. The zero-order valence-corrected chi connectivity index (χ0v) is 15.9. The lowest BCUT2D eigenvalue weighted by Crippen LogP contribution is -2.43. The van der Waals surface area contributed by atoms with Crippen molar-refractivity contribution in [1.29, 1.82) is 0 Å². The molecule has 0 aliphatic carbocycles. The van der Waals surface area contributed by atoms with Crippen LogP contribution in [0, 0.1) is 5.82 Å². The Labute approximate surface area is 165 Å². The van der Waals surface area contributed by atoms with E-state index in [1.807, 2.05) is 0 Å². The Bertz CT molecular complexity index is 889. The smallest absolute Gasteiger partial charge is 0.414 e. The first kappa shape index (κ1) is 20.2. The highest BCUT2D eigenvalue weighted by Crippen LogP contribution is 2.28. The van der Waals surface area contributed by atoms with Crippen LogP contribution in [0.15, 0.2) is 23.3 Å². The fourth-order valence-corrected chi connectivity index (χ4v) is 2.95. The molecule has 0 radical (unpaired) electrons. The minimum absolute atomic E-state index is 0.138. The molecular weight excluding hydrogens is 385 g/mol. The lowest BCUT2D eigenvalue weighted by molar-refractivity contribution is -0.143. The summed E-state index contributed by atoms with van der Waals surface area (Å²) in [7, 11) is 0. The second kappa shape index (κ2) is 8.25. The van der Waals surface area contributed by atoms with E-state index in [1.54, 1.807) is 6.07 Å². The van der Waals surface area contributed by atoms with Crippen molar-refractivity contribution < 1.29 is 28.3 Å². The van der Waals surface area contributed by atoms with Crippen LogP contribution in [0.2, 0.25) is 0 Å². The maximum absolute atomic E-state index is 14.7. The van der Waals surface area contributed by atoms with Crippen LogP contribution in [-0.2, 0) is 19.1 Å². The molecule has 0 unspecified atom stereocenters. The maximum atomic E-state index is 14.7. The number of carbonyl (C=O) groups excluding carboxylic acids is 4. The molecule has 10 nitrogen and oxygen atoms in total. The molecule has 1 atom stereocenters. The van der Waals surface area contributed by atoms with E-state index in [0.29, 0.717) is 5.69 Å². The van der Waals surface area contributed by atoms with E-state index in [1.165, 1.54) is 35.2 Å². The second-order valence-corrected chi connectivity index (χ2v) is 6.60. The third kappa shape index (κ3) is 4.50. The number of ether oxygens (including phenoxy) is 1. The first-order valence-electron chi connectivity index (χ1n) is 8.91. The minimum Gasteiger partial charge on any atom is -0.442 e. The third-order valence-electron chi connectivity index (χ3n) is 4.42. The molecule has 1 aromatic rings. The van der Waals surface area contributed by atoms with Gasteiger partial charge < -0.3 is 15.0 Å². The van der Waals surface area contributed by atoms with Gasteiger partial charge in [0.25, 0.3) is 0 Å². The Kier molecular flexibility index (Phi) is 5.76. The van der Waals surface area contributed by atoms with E-state index < -0.39 is 29.7 Å². The summed E-state index contributed by atoms with van der Waals surface area (Å²) in [6.07, 6.45) is 0.134. The van der Waals surface area contributed by atoms with Gasteiger partial charge in [0.15, 0.2) is 0 Å². The molecule has 3 amide bonds. The number of amides is 3. The Hall–Kier alpha value is -3.50. The van der Waals surface area contributed by atoms with Gasteiger partial charge in [0.05, 0.1) is 31.0 Å². The first-order valence-corrected chi connectivity index (χ1v) is 8.91. The molecule has 11 heteroatoms. The van der Waals surface area contributed by atoms with Gasteiger partial charge in [0.1, 0.15) is 18.3 Å². The molecule has 1 N–H and O–H groups in total. The van der Waals surface area contributed by atoms with Gasteiger partial charge in [-0.15, -0.1) is 0 Å². The van der Waals surface area contributed by atoms with Crippen LogP contribution in [0.1, 0.15) is 13.8 Å². The number of nitrogens with zero attached hydrogens (tertiary/aromatic N) is 4. The van der Waals surface area contributed by atoms with E-state index in [4.69, 9.17) is 4.74 Å². The summed E-state index contributed by atoms with van der Waals surface area (Å²) in [5.41, 5.74) is 0.540. The van der Waals surface area contributed by atoms with Crippen molar-refractivity contribution in [2.45, 2.75) is 20.0 Å². The topological polar surface area (TPSA) is 112 Å². The van der Waals surface area contributed by atoms with E-state index in [2.05, 4.69) is 10.4 Å². The number of carbonyl (C=O) groups is 4. The van der Waals surface area contributed by atoms with Crippen LogP contribution in [0.5, 0.6) is 0 Å². The van der Waals surface area contributed by atoms with Crippen molar-refractivity contribution in [2.24, 2.45) is 5.10 Å². The molecular formula is C18H20FN5O5. The number of cyclic esters (lactones) is 1. The number of benzene rings is 1. The zero-order valence-electron chi connectivity index (χ0n) is 15.9. The SMILES string of the molecule is CC(=O)NC[C@H]1CN(c2ccc(N3C=NN(C(=O)C(C)=O)CC3)c(F)c2)C(=O)O1. The number of Topliss-reactive ketones (excluding diaryl/α,β-unsaturated/α-hetero) is 1. The molecule has 0 saturated carbocycles. The van der Waals surface area contributed by atoms with Gasteiger partial charge in [-0.05, 0) is 18.2 Å². The Morgan fingerprint density at radius 1 is 1.28 bits per heavy atom. The fourth-order valence-electron chi connectivity index (χ4n) is 2.95.